The van der Waals surface area contributed by atoms with Crippen LogP contribution in [0.5, 0.6) is 0 Å². The number of carbonyl (C=O) groups is 2. The van der Waals surface area contributed by atoms with Gasteiger partial charge >= 0.3 is 6.09 Å². The van der Waals surface area contributed by atoms with Gasteiger partial charge < -0.3 is 15.0 Å². The second-order valence-electron chi connectivity index (χ2n) is 8.11. The van der Waals surface area contributed by atoms with Gasteiger partial charge in [0.05, 0.1) is 10.9 Å². The minimum absolute atomic E-state index is 0.0373. The van der Waals surface area contributed by atoms with E-state index >= 15 is 0 Å². The Morgan fingerprint density at radius 1 is 1.22 bits per heavy atom. The van der Waals surface area contributed by atoms with Gasteiger partial charge in [0, 0.05) is 5.75 Å². The number of hydrogen-bond donors (Lipinski definition) is 1. The topological polar surface area (TPSA) is 58.6 Å². The summed E-state index contributed by atoms with van der Waals surface area (Å²) < 4.78 is 5.31. The van der Waals surface area contributed by atoms with E-state index in [1.807, 2.05) is 42.1 Å². The Bertz CT molecular complexity index is 669. The molecule has 2 atom stereocenters. The summed E-state index contributed by atoms with van der Waals surface area (Å²) in [7, 11) is 0. The van der Waals surface area contributed by atoms with E-state index in [2.05, 4.69) is 37.9 Å². The first kappa shape index (κ1) is 20.1. The number of nitrogens with zero attached hydrogens (tertiary/aromatic N) is 1. The van der Waals surface area contributed by atoms with Crippen molar-refractivity contribution < 1.29 is 14.3 Å². The maximum atomic E-state index is 13.3. The summed E-state index contributed by atoms with van der Waals surface area (Å²) in [5.74, 6) is 1.73. The zero-order valence-electron chi connectivity index (χ0n) is 16.6. The highest BCUT2D eigenvalue weighted by Gasteiger charge is 2.55. The Labute approximate surface area is 166 Å². The van der Waals surface area contributed by atoms with Crippen molar-refractivity contribution in [3.63, 3.8) is 0 Å². The summed E-state index contributed by atoms with van der Waals surface area (Å²) in [6, 6.07) is 9.05. The molecule has 2 fully saturated rings. The molecule has 0 bridgehead atoms. The van der Waals surface area contributed by atoms with Crippen LogP contribution in [0.4, 0.5) is 4.79 Å². The molecule has 148 valence electrons. The lowest BCUT2D eigenvalue weighted by molar-refractivity contribution is -0.147. The Balaban J connectivity index is 1.66. The summed E-state index contributed by atoms with van der Waals surface area (Å²) in [6.07, 6.45) is 1.04. The molecule has 6 heteroatoms. The predicted molar refractivity (Wildman–Crippen MR) is 108 cm³/mol. The maximum Gasteiger partial charge on any atom is 0.408 e. The third kappa shape index (κ3) is 3.82. The Hall–Kier alpha value is -1.69. The zero-order chi connectivity index (χ0) is 19.6. The van der Waals surface area contributed by atoms with Crippen LogP contribution >= 0.6 is 11.8 Å². The molecule has 1 aromatic carbocycles. The number of rotatable bonds is 5. The number of hydrogen-bond acceptors (Lipinski definition) is 4. The number of piperidine rings is 1. The van der Waals surface area contributed by atoms with Crippen LogP contribution in [-0.2, 0) is 16.1 Å². The number of fused-ring (bicyclic) bond motifs is 1. The predicted octanol–water partition coefficient (Wildman–Crippen LogP) is 4.03. The van der Waals surface area contributed by atoms with Gasteiger partial charge in [-0.25, -0.2) is 4.79 Å². The smallest absolute Gasteiger partial charge is 0.408 e. The highest BCUT2D eigenvalue weighted by molar-refractivity contribution is 8.00. The molecule has 2 saturated heterocycles. The lowest BCUT2D eigenvalue weighted by Crippen LogP contribution is -2.64. The van der Waals surface area contributed by atoms with Gasteiger partial charge in [0.2, 0.25) is 5.91 Å². The van der Waals surface area contributed by atoms with Crippen LogP contribution in [0, 0.1) is 11.8 Å². The molecule has 5 nitrogen and oxygen atoms in total. The van der Waals surface area contributed by atoms with Crippen LogP contribution in [0.3, 0.4) is 0 Å². The van der Waals surface area contributed by atoms with E-state index in [1.165, 1.54) is 0 Å². The molecule has 0 aromatic heterocycles. The van der Waals surface area contributed by atoms with Gasteiger partial charge in [0.25, 0.3) is 0 Å². The highest BCUT2D eigenvalue weighted by Crippen LogP contribution is 2.49. The quantitative estimate of drug-likeness (QED) is 0.825. The molecule has 2 unspecified atom stereocenters. The average molecular weight is 391 g/mol. The molecule has 0 aliphatic carbocycles. The van der Waals surface area contributed by atoms with E-state index in [0.717, 1.165) is 17.7 Å². The summed E-state index contributed by atoms with van der Waals surface area (Å²) in [5.41, 5.74) is 0.776. The number of thioether (sulfide) groups is 1. The van der Waals surface area contributed by atoms with E-state index < -0.39 is 12.1 Å². The first-order valence-corrected chi connectivity index (χ1v) is 10.8. The molecule has 3 rings (SSSR count). The molecule has 2 amide bonds. The first-order valence-electron chi connectivity index (χ1n) is 9.78. The fourth-order valence-corrected chi connectivity index (χ4v) is 6.42. The Morgan fingerprint density at radius 3 is 2.52 bits per heavy atom. The van der Waals surface area contributed by atoms with Gasteiger partial charge in [-0.3, -0.25) is 4.79 Å². The van der Waals surface area contributed by atoms with Crippen LogP contribution in [-0.4, -0.2) is 39.6 Å². The van der Waals surface area contributed by atoms with Crippen LogP contribution in [0.2, 0.25) is 0 Å². The van der Waals surface area contributed by atoms with E-state index in [0.29, 0.717) is 18.3 Å². The average Bonchev–Trinajstić information content (AvgIpc) is 3.05. The zero-order valence-corrected chi connectivity index (χ0v) is 17.4. The van der Waals surface area contributed by atoms with Crippen molar-refractivity contribution in [1.82, 2.24) is 10.2 Å². The molecule has 1 N–H and O–H groups in total. The maximum absolute atomic E-state index is 13.3. The molecule has 0 saturated carbocycles. The lowest BCUT2D eigenvalue weighted by Gasteiger charge is -2.49. The van der Waals surface area contributed by atoms with Crippen LogP contribution in [0.15, 0.2) is 30.3 Å². The summed E-state index contributed by atoms with van der Waals surface area (Å²) in [6.45, 7) is 8.99. The minimum Gasteiger partial charge on any atom is -0.445 e. The third-order valence-electron chi connectivity index (χ3n) is 5.99. The molecule has 2 aliphatic heterocycles. The number of amides is 2. The summed E-state index contributed by atoms with van der Waals surface area (Å²) in [5, 5.41) is 3.03. The Morgan fingerprint density at radius 2 is 1.89 bits per heavy atom. The van der Waals surface area contributed by atoms with Gasteiger partial charge in [-0.1, -0.05) is 58.0 Å². The molecule has 27 heavy (non-hydrogen) atoms. The van der Waals surface area contributed by atoms with Crippen molar-refractivity contribution in [3.05, 3.63) is 35.9 Å². The van der Waals surface area contributed by atoms with Crippen LogP contribution in [0.25, 0.3) is 0 Å². The second-order valence-corrected chi connectivity index (χ2v) is 9.28. The molecule has 1 aromatic rings. The van der Waals surface area contributed by atoms with E-state index in [1.54, 1.807) is 0 Å². The Kier molecular flexibility index (Phi) is 6.04. The fourth-order valence-electron chi connectivity index (χ4n) is 4.40. The highest BCUT2D eigenvalue weighted by atomic mass is 32.2. The van der Waals surface area contributed by atoms with Crippen molar-refractivity contribution in [2.24, 2.45) is 11.8 Å². The molecule has 2 heterocycles. The molecule has 0 radical (unpaired) electrons. The van der Waals surface area contributed by atoms with Gasteiger partial charge in [0.1, 0.15) is 12.6 Å². The largest absolute Gasteiger partial charge is 0.445 e. The van der Waals surface area contributed by atoms with Crippen LogP contribution in [0.1, 0.15) is 46.1 Å². The monoisotopic (exact) mass is 390 g/mol. The number of carbonyl (C=O) groups excluding carboxylic acids is 2. The van der Waals surface area contributed by atoms with Crippen molar-refractivity contribution in [2.75, 3.05) is 5.75 Å². The van der Waals surface area contributed by atoms with Crippen molar-refractivity contribution in [2.45, 2.75) is 64.1 Å². The van der Waals surface area contributed by atoms with E-state index in [4.69, 9.17) is 4.74 Å². The van der Waals surface area contributed by atoms with Gasteiger partial charge in [0.15, 0.2) is 0 Å². The SMILES string of the molecule is CC(C)C1(C(C)C)CSC2CCC(NC(=O)OCc3ccccc3)C(=O)N21. The second kappa shape index (κ2) is 8.13. The third-order valence-corrected chi connectivity index (χ3v) is 7.45. The number of ether oxygens (including phenoxy) is 1. The molecular weight excluding hydrogens is 360 g/mol. The lowest BCUT2D eigenvalue weighted by atomic mass is 9.75. The summed E-state index contributed by atoms with van der Waals surface area (Å²) >= 11 is 1.88. The van der Waals surface area contributed by atoms with Gasteiger partial charge in [-0.05, 0) is 30.2 Å². The van der Waals surface area contributed by atoms with Crippen molar-refractivity contribution in [1.29, 1.82) is 0 Å². The number of benzene rings is 1. The first-order chi connectivity index (χ1) is 12.9. The standard InChI is InChI=1S/C21H30N2O3S/c1-14(2)21(15(3)4)13-27-18-11-10-17(19(24)23(18)21)22-20(25)26-12-16-8-6-5-7-9-16/h5-9,14-15,17-18H,10-13H2,1-4H3,(H,22,25). The van der Waals surface area contributed by atoms with E-state index in [9.17, 15) is 9.59 Å². The number of alkyl carbamates (subject to hydrolysis) is 1. The molecule has 2 aliphatic rings. The van der Waals surface area contributed by atoms with Crippen molar-refractivity contribution >= 4 is 23.8 Å². The normalized spacial score (nSPS) is 24.2. The molecular formula is C21H30N2O3S. The van der Waals surface area contributed by atoms with Crippen LogP contribution < -0.4 is 5.32 Å². The fraction of sp³-hybridized carbons (Fsp3) is 0.619. The number of nitrogens with one attached hydrogen (secondary N) is 1. The van der Waals surface area contributed by atoms with Gasteiger partial charge in [-0.15, -0.1) is 11.8 Å². The van der Waals surface area contributed by atoms with Gasteiger partial charge in [-0.2, -0.15) is 0 Å². The van der Waals surface area contributed by atoms with E-state index in [-0.39, 0.29) is 23.4 Å². The summed E-state index contributed by atoms with van der Waals surface area (Å²) in [4.78, 5) is 27.6. The molecule has 0 spiro atoms. The van der Waals surface area contributed by atoms with Crippen molar-refractivity contribution in [3.8, 4) is 0 Å². The minimum atomic E-state index is -0.526.